The van der Waals surface area contributed by atoms with Crippen molar-refractivity contribution in [3.63, 3.8) is 0 Å². The van der Waals surface area contributed by atoms with Crippen LogP contribution in [0.25, 0.3) is 0 Å². The van der Waals surface area contributed by atoms with Crippen molar-refractivity contribution in [2.24, 2.45) is 5.92 Å². The van der Waals surface area contributed by atoms with Crippen LogP contribution in [0.1, 0.15) is 20.3 Å². The van der Waals surface area contributed by atoms with Gasteiger partial charge in [0.2, 0.25) is 0 Å². The summed E-state index contributed by atoms with van der Waals surface area (Å²) in [5.41, 5.74) is 0. The van der Waals surface area contributed by atoms with Crippen LogP contribution in [-0.4, -0.2) is 18.7 Å². The number of rotatable bonds is 3. The zero-order valence-corrected chi connectivity index (χ0v) is 5.85. The topological polar surface area (TPSA) is 26.3 Å². The maximum Gasteiger partial charge on any atom is -0.0144 e. The summed E-state index contributed by atoms with van der Waals surface area (Å²) in [6.45, 7) is 4.89. The predicted octanol–water partition coefficient (Wildman–Crippen LogP) is 1.46. The van der Waals surface area contributed by atoms with Crippen molar-refractivity contribution < 1.29 is 0 Å². The van der Waals surface area contributed by atoms with E-state index in [9.17, 15) is 5.21 Å². The van der Waals surface area contributed by atoms with Gasteiger partial charge in [-0.15, -0.1) is 0 Å². The number of hydroxylamine groups is 2. The predicted molar refractivity (Wildman–Crippen MR) is 35.5 cm³/mol. The van der Waals surface area contributed by atoms with Crippen LogP contribution >= 0.6 is 0 Å². The monoisotopic (exact) mass is 116 g/mol. The van der Waals surface area contributed by atoms with Gasteiger partial charge in [-0.2, -0.15) is 0 Å². The highest BCUT2D eigenvalue weighted by molar-refractivity contribution is 4.51. The van der Waals surface area contributed by atoms with Crippen molar-refractivity contribution in [3.8, 4) is 0 Å². The fraction of sp³-hybridized carbons (Fsp3) is 1.00. The van der Waals surface area contributed by atoms with Crippen LogP contribution < -0.4 is 0 Å². The van der Waals surface area contributed by atoms with Gasteiger partial charge < -0.3 is 10.3 Å². The van der Waals surface area contributed by atoms with Crippen LogP contribution in [0, 0.1) is 11.1 Å². The van der Waals surface area contributed by atoms with E-state index in [2.05, 4.69) is 13.8 Å². The summed E-state index contributed by atoms with van der Waals surface area (Å²) in [5, 5.41) is 11.2. The summed E-state index contributed by atoms with van der Waals surface area (Å²) in [5.74, 6) is 0.645. The SMILES string of the molecule is CC(C)CCN(C)[O-]. The molecule has 50 valence electrons. The first-order chi connectivity index (χ1) is 3.63. The van der Waals surface area contributed by atoms with Crippen LogP contribution in [0.4, 0.5) is 0 Å². The summed E-state index contributed by atoms with van der Waals surface area (Å²) >= 11 is 0. The van der Waals surface area contributed by atoms with E-state index >= 15 is 0 Å². The van der Waals surface area contributed by atoms with E-state index in [1.54, 1.807) is 7.05 Å². The third-order valence-electron chi connectivity index (χ3n) is 1.02. The lowest BCUT2D eigenvalue weighted by Crippen LogP contribution is -2.12. The lowest BCUT2D eigenvalue weighted by Gasteiger charge is -2.22. The van der Waals surface area contributed by atoms with E-state index in [1.807, 2.05) is 0 Å². The molecule has 0 radical (unpaired) electrons. The standard InChI is InChI=1S/C6H14NO/c1-6(2)4-5-7(3)8/h6H,4-5H2,1-3H3/q-1. The first kappa shape index (κ1) is 7.92. The molecule has 8 heavy (non-hydrogen) atoms. The van der Waals surface area contributed by atoms with E-state index in [0.717, 1.165) is 11.5 Å². The highest BCUT2D eigenvalue weighted by Crippen LogP contribution is 1.98. The number of hydrogen-bond acceptors (Lipinski definition) is 2. The molecule has 0 aliphatic carbocycles. The largest absolute Gasteiger partial charge is 0.785 e. The van der Waals surface area contributed by atoms with Gasteiger partial charge in [0.25, 0.3) is 0 Å². The highest BCUT2D eigenvalue weighted by atomic mass is 16.5. The molecule has 0 N–H and O–H groups in total. The summed E-state index contributed by atoms with van der Waals surface area (Å²) in [6, 6.07) is 0. The van der Waals surface area contributed by atoms with Gasteiger partial charge in [0, 0.05) is 0 Å². The quantitative estimate of drug-likeness (QED) is 0.522. The van der Waals surface area contributed by atoms with Gasteiger partial charge in [-0.05, 0) is 25.9 Å². The normalized spacial score (nSPS) is 11.2. The van der Waals surface area contributed by atoms with Gasteiger partial charge in [-0.25, -0.2) is 0 Å². The van der Waals surface area contributed by atoms with Crippen molar-refractivity contribution in [1.29, 1.82) is 0 Å². The minimum atomic E-state index is 0.645. The molecule has 0 unspecified atom stereocenters. The average Bonchev–Trinajstić information content (AvgIpc) is 1.61. The van der Waals surface area contributed by atoms with Crippen molar-refractivity contribution >= 4 is 0 Å². The Hall–Kier alpha value is -0.0800. The zero-order chi connectivity index (χ0) is 6.57. The highest BCUT2D eigenvalue weighted by Gasteiger charge is 1.90. The van der Waals surface area contributed by atoms with Crippen LogP contribution in [0.3, 0.4) is 0 Å². The third-order valence-corrected chi connectivity index (χ3v) is 1.02. The van der Waals surface area contributed by atoms with Crippen molar-refractivity contribution in [2.45, 2.75) is 20.3 Å². The molecule has 0 saturated carbocycles. The molecule has 0 aromatic carbocycles. The van der Waals surface area contributed by atoms with Crippen LogP contribution in [0.2, 0.25) is 0 Å². The van der Waals surface area contributed by atoms with Gasteiger partial charge in [-0.3, -0.25) is 0 Å². The molecule has 0 saturated heterocycles. The maximum atomic E-state index is 10.3. The van der Waals surface area contributed by atoms with Crippen LogP contribution in [0.5, 0.6) is 0 Å². The van der Waals surface area contributed by atoms with E-state index < -0.39 is 0 Å². The molecule has 0 amide bonds. The molecular formula is C6H14NO-. The molecule has 0 aromatic rings. The first-order valence-electron chi connectivity index (χ1n) is 3.01. The molecule has 0 rings (SSSR count). The molecular weight excluding hydrogens is 102 g/mol. The smallest absolute Gasteiger partial charge is 0.0144 e. The summed E-state index contributed by atoms with van der Waals surface area (Å²) in [6.07, 6.45) is 1.00. The van der Waals surface area contributed by atoms with Gasteiger partial charge in [0.1, 0.15) is 0 Å². The second-order valence-electron chi connectivity index (χ2n) is 2.53. The van der Waals surface area contributed by atoms with Gasteiger partial charge in [0.15, 0.2) is 0 Å². The Labute approximate surface area is 51.1 Å². The van der Waals surface area contributed by atoms with E-state index in [0.29, 0.717) is 12.5 Å². The average molecular weight is 116 g/mol. The number of hydrogen-bond donors (Lipinski definition) is 0. The summed E-state index contributed by atoms with van der Waals surface area (Å²) in [7, 11) is 1.56. The minimum absolute atomic E-state index is 0.645. The Bertz CT molecular complexity index is 44.5. The summed E-state index contributed by atoms with van der Waals surface area (Å²) in [4.78, 5) is 0. The molecule has 0 fully saturated rings. The van der Waals surface area contributed by atoms with Gasteiger partial charge >= 0.3 is 0 Å². The molecule has 0 spiro atoms. The molecule has 2 nitrogen and oxygen atoms in total. The lowest BCUT2D eigenvalue weighted by atomic mass is 10.1. The Morgan fingerprint density at radius 2 is 2.00 bits per heavy atom. The second-order valence-corrected chi connectivity index (χ2v) is 2.53. The molecule has 0 aliphatic heterocycles. The van der Waals surface area contributed by atoms with Gasteiger partial charge in [-0.1, -0.05) is 13.8 Å². The third kappa shape index (κ3) is 5.92. The molecule has 0 aromatic heterocycles. The van der Waals surface area contributed by atoms with E-state index in [-0.39, 0.29) is 0 Å². The Morgan fingerprint density at radius 3 is 2.12 bits per heavy atom. The fourth-order valence-corrected chi connectivity index (χ4v) is 0.440. The Balaban J connectivity index is 2.93. The van der Waals surface area contributed by atoms with E-state index in [1.165, 1.54) is 0 Å². The van der Waals surface area contributed by atoms with Crippen LogP contribution in [-0.2, 0) is 0 Å². The van der Waals surface area contributed by atoms with Gasteiger partial charge in [0.05, 0.1) is 0 Å². The lowest BCUT2D eigenvalue weighted by molar-refractivity contribution is 0.406. The molecule has 2 heteroatoms. The minimum Gasteiger partial charge on any atom is -0.785 e. The molecule has 0 heterocycles. The molecule has 0 aliphatic rings. The van der Waals surface area contributed by atoms with Crippen LogP contribution in [0.15, 0.2) is 0 Å². The molecule has 0 atom stereocenters. The number of nitrogens with zero attached hydrogens (tertiary/aromatic N) is 1. The van der Waals surface area contributed by atoms with Crippen molar-refractivity contribution in [3.05, 3.63) is 5.21 Å². The van der Waals surface area contributed by atoms with E-state index in [4.69, 9.17) is 0 Å². The van der Waals surface area contributed by atoms with Crippen molar-refractivity contribution in [1.82, 2.24) is 5.06 Å². The molecule has 0 bridgehead atoms. The fourth-order valence-electron chi connectivity index (χ4n) is 0.440. The Morgan fingerprint density at radius 1 is 1.50 bits per heavy atom. The maximum absolute atomic E-state index is 10.3. The first-order valence-corrected chi connectivity index (χ1v) is 3.01. The second kappa shape index (κ2) is 3.87. The Kier molecular flexibility index (Phi) is 3.83. The summed E-state index contributed by atoms with van der Waals surface area (Å²) < 4.78 is 0. The zero-order valence-electron chi connectivity index (χ0n) is 5.85. The van der Waals surface area contributed by atoms with Crippen molar-refractivity contribution in [2.75, 3.05) is 13.6 Å².